The Morgan fingerprint density at radius 3 is 2.43 bits per heavy atom. The molecule has 0 fully saturated rings. The third-order valence-corrected chi connectivity index (χ3v) is 5.71. The lowest BCUT2D eigenvalue weighted by atomic mass is 10.1. The molecule has 2 aromatic carbocycles. The SMILES string of the molecule is Cc1ccccc1OCCN(C)C(=O)c1cccc(S(=O)(=O)NC(C)(C)C)c1. The maximum Gasteiger partial charge on any atom is 0.253 e. The normalized spacial score (nSPS) is 11.9. The first-order valence-corrected chi connectivity index (χ1v) is 10.6. The number of aryl methyl sites for hydroxylation is 1. The Hall–Kier alpha value is -2.38. The molecule has 6 nitrogen and oxygen atoms in total. The van der Waals surface area contributed by atoms with E-state index in [4.69, 9.17) is 4.74 Å². The summed E-state index contributed by atoms with van der Waals surface area (Å²) in [6, 6.07) is 13.7. The standard InChI is InChI=1S/C21H28N2O4S/c1-16-9-6-7-12-19(16)27-14-13-23(5)20(24)17-10-8-11-18(15-17)28(25,26)22-21(2,3)4/h6-12,15,22H,13-14H2,1-5H3. The Morgan fingerprint density at radius 2 is 1.79 bits per heavy atom. The summed E-state index contributed by atoms with van der Waals surface area (Å²) in [5.74, 6) is 0.519. The van der Waals surface area contributed by atoms with E-state index in [1.54, 1.807) is 40.0 Å². The minimum Gasteiger partial charge on any atom is -0.491 e. The molecule has 0 aliphatic rings. The van der Waals surface area contributed by atoms with E-state index in [2.05, 4.69) is 4.72 Å². The monoisotopic (exact) mass is 404 g/mol. The van der Waals surface area contributed by atoms with Crippen LogP contribution in [-0.4, -0.2) is 45.0 Å². The number of nitrogens with one attached hydrogen (secondary N) is 1. The van der Waals surface area contributed by atoms with E-state index in [1.807, 2.05) is 31.2 Å². The van der Waals surface area contributed by atoms with Gasteiger partial charge in [-0.05, 0) is 57.5 Å². The average Bonchev–Trinajstić information content (AvgIpc) is 2.60. The first-order chi connectivity index (χ1) is 13.0. The Kier molecular flexibility index (Phi) is 6.85. The number of rotatable bonds is 7. The number of para-hydroxylation sites is 1. The number of nitrogens with zero attached hydrogens (tertiary/aromatic N) is 1. The molecule has 7 heteroatoms. The second kappa shape index (κ2) is 8.75. The second-order valence-electron chi connectivity index (χ2n) is 7.72. The Bertz CT molecular complexity index is 933. The molecular weight excluding hydrogens is 376 g/mol. The van der Waals surface area contributed by atoms with Crippen LogP contribution in [0.2, 0.25) is 0 Å². The molecule has 2 aromatic rings. The molecule has 2 rings (SSSR count). The van der Waals surface area contributed by atoms with E-state index in [9.17, 15) is 13.2 Å². The van der Waals surface area contributed by atoms with Gasteiger partial charge in [0.15, 0.2) is 0 Å². The van der Waals surface area contributed by atoms with Gasteiger partial charge in [-0.3, -0.25) is 4.79 Å². The quantitative estimate of drug-likeness (QED) is 0.769. The van der Waals surface area contributed by atoms with Crippen LogP contribution in [0.5, 0.6) is 5.75 Å². The smallest absolute Gasteiger partial charge is 0.253 e. The van der Waals surface area contributed by atoms with Crippen molar-refractivity contribution in [1.29, 1.82) is 0 Å². The molecule has 152 valence electrons. The number of hydrogen-bond acceptors (Lipinski definition) is 4. The van der Waals surface area contributed by atoms with Crippen molar-refractivity contribution >= 4 is 15.9 Å². The fourth-order valence-corrected chi connectivity index (χ4v) is 4.06. The highest BCUT2D eigenvalue weighted by molar-refractivity contribution is 7.89. The van der Waals surface area contributed by atoms with Crippen molar-refractivity contribution < 1.29 is 17.9 Å². The van der Waals surface area contributed by atoms with Gasteiger partial charge in [0, 0.05) is 18.2 Å². The van der Waals surface area contributed by atoms with Gasteiger partial charge in [0.25, 0.3) is 5.91 Å². The van der Waals surface area contributed by atoms with Gasteiger partial charge in [0.05, 0.1) is 11.4 Å². The lowest BCUT2D eigenvalue weighted by Gasteiger charge is -2.21. The van der Waals surface area contributed by atoms with Gasteiger partial charge in [-0.15, -0.1) is 0 Å². The molecule has 0 saturated heterocycles. The van der Waals surface area contributed by atoms with Crippen LogP contribution in [0.1, 0.15) is 36.7 Å². The van der Waals surface area contributed by atoms with Gasteiger partial charge >= 0.3 is 0 Å². The van der Waals surface area contributed by atoms with Gasteiger partial charge < -0.3 is 9.64 Å². The number of hydrogen-bond donors (Lipinski definition) is 1. The highest BCUT2D eigenvalue weighted by Crippen LogP contribution is 2.17. The van der Waals surface area contributed by atoms with Gasteiger partial charge in [0.1, 0.15) is 12.4 Å². The van der Waals surface area contributed by atoms with E-state index >= 15 is 0 Å². The molecule has 0 heterocycles. The van der Waals surface area contributed by atoms with Crippen molar-refractivity contribution in [1.82, 2.24) is 9.62 Å². The maximum absolute atomic E-state index is 12.7. The van der Waals surface area contributed by atoms with Crippen molar-refractivity contribution in [3.8, 4) is 5.75 Å². The molecule has 0 aliphatic carbocycles. The minimum absolute atomic E-state index is 0.0674. The van der Waals surface area contributed by atoms with Crippen molar-refractivity contribution in [3.63, 3.8) is 0 Å². The summed E-state index contributed by atoms with van der Waals surface area (Å²) in [6.07, 6.45) is 0. The molecule has 0 unspecified atom stereocenters. The Morgan fingerprint density at radius 1 is 1.11 bits per heavy atom. The molecule has 1 amide bonds. The summed E-state index contributed by atoms with van der Waals surface area (Å²) in [6.45, 7) is 7.98. The number of sulfonamides is 1. The topological polar surface area (TPSA) is 75.7 Å². The highest BCUT2D eigenvalue weighted by atomic mass is 32.2. The van der Waals surface area contributed by atoms with E-state index < -0.39 is 15.6 Å². The van der Waals surface area contributed by atoms with Gasteiger partial charge in [0.2, 0.25) is 10.0 Å². The molecule has 0 radical (unpaired) electrons. The highest BCUT2D eigenvalue weighted by Gasteiger charge is 2.23. The average molecular weight is 405 g/mol. The van der Waals surface area contributed by atoms with Crippen molar-refractivity contribution in [3.05, 3.63) is 59.7 Å². The number of benzene rings is 2. The lowest BCUT2D eigenvalue weighted by Crippen LogP contribution is -2.40. The number of ether oxygens (including phenoxy) is 1. The number of likely N-dealkylation sites (N-methyl/N-ethyl adjacent to an activating group) is 1. The van der Waals surface area contributed by atoms with E-state index in [1.165, 1.54) is 17.0 Å². The molecule has 1 N–H and O–H groups in total. The van der Waals surface area contributed by atoms with E-state index in [0.29, 0.717) is 18.7 Å². The number of carbonyl (C=O) groups excluding carboxylic acids is 1. The van der Waals surface area contributed by atoms with Crippen LogP contribution in [0.4, 0.5) is 0 Å². The zero-order valence-corrected chi connectivity index (χ0v) is 17.8. The molecule has 0 bridgehead atoms. The first kappa shape index (κ1) is 21.9. The Labute approximate surface area is 167 Å². The minimum atomic E-state index is -3.70. The molecule has 0 aliphatic heterocycles. The summed E-state index contributed by atoms with van der Waals surface area (Å²) in [7, 11) is -2.04. The van der Waals surface area contributed by atoms with Crippen LogP contribution in [0.25, 0.3) is 0 Å². The fraction of sp³-hybridized carbons (Fsp3) is 0.381. The third-order valence-electron chi connectivity index (χ3n) is 3.96. The number of amides is 1. The van der Waals surface area contributed by atoms with Crippen molar-refractivity contribution in [2.75, 3.05) is 20.2 Å². The van der Waals surface area contributed by atoms with Crippen LogP contribution in [0, 0.1) is 6.92 Å². The van der Waals surface area contributed by atoms with Crippen LogP contribution >= 0.6 is 0 Å². The van der Waals surface area contributed by atoms with Gasteiger partial charge in [-0.2, -0.15) is 0 Å². The summed E-state index contributed by atoms with van der Waals surface area (Å²) in [4.78, 5) is 14.3. The maximum atomic E-state index is 12.7. The molecule has 0 spiro atoms. The predicted molar refractivity (Wildman–Crippen MR) is 110 cm³/mol. The fourth-order valence-electron chi connectivity index (χ4n) is 2.59. The molecular formula is C21H28N2O4S. The molecule has 0 aromatic heterocycles. The zero-order chi connectivity index (χ0) is 20.9. The molecule has 0 saturated carbocycles. The van der Waals surface area contributed by atoms with Crippen LogP contribution < -0.4 is 9.46 Å². The molecule has 0 atom stereocenters. The Balaban J connectivity index is 2.04. The van der Waals surface area contributed by atoms with Gasteiger partial charge in [-0.25, -0.2) is 13.1 Å². The molecule has 28 heavy (non-hydrogen) atoms. The second-order valence-corrected chi connectivity index (χ2v) is 9.41. The van der Waals surface area contributed by atoms with Crippen molar-refractivity contribution in [2.45, 2.75) is 38.1 Å². The van der Waals surface area contributed by atoms with Crippen LogP contribution in [-0.2, 0) is 10.0 Å². The summed E-state index contributed by atoms with van der Waals surface area (Å²) < 4.78 is 33.3. The van der Waals surface area contributed by atoms with Crippen LogP contribution in [0.3, 0.4) is 0 Å². The predicted octanol–water partition coefficient (Wildman–Crippen LogP) is 3.22. The van der Waals surface area contributed by atoms with E-state index in [-0.39, 0.29) is 10.8 Å². The first-order valence-electron chi connectivity index (χ1n) is 9.07. The van der Waals surface area contributed by atoms with E-state index in [0.717, 1.165) is 11.3 Å². The lowest BCUT2D eigenvalue weighted by molar-refractivity contribution is 0.0773. The number of carbonyl (C=O) groups is 1. The zero-order valence-electron chi connectivity index (χ0n) is 17.0. The third kappa shape index (κ3) is 6.07. The van der Waals surface area contributed by atoms with Crippen LogP contribution in [0.15, 0.2) is 53.4 Å². The summed E-state index contributed by atoms with van der Waals surface area (Å²) in [5.41, 5.74) is 0.735. The van der Waals surface area contributed by atoms with Crippen molar-refractivity contribution in [2.24, 2.45) is 0 Å². The largest absolute Gasteiger partial charge is 0.491 e. The van der Waals surface area contributed by atoms with Gasteiger partial charge in [-0.1, -0.05) is 24.3 Å². The summed E-state index contributed by atoms with van der Waals surface area (Å²) >= 11 is 0. The summed E-state index contributed by atoms with van der Waals surface area (Å²) in [5, 5.41) is 0.